The molecule has 96 valence electrons. The Kier molecular flexibility index (Phi) is 2.31. The minimum Gasteiger partial charge on any atom is -0.394 e. The van der Waals surface area contributed by atoms with Gasteiger partial charge < -0.3 is 14.9 Å². The van der Waals surface area contributed by atoms with Crippen molar-refractivity contribution in [2.45, 2.75) is 24.4 Å². The van der Waals surface area contributed by atoms with Gasteiger partial charge in [0, 0.05) is 12.5 Å². The zero-order chi connectivity index (χ0) is 12.9. The lowest BCUT2D eigenvalue weighted by Gasteiger charge is -2.25. The van der Waals surface area contributed by atoms with Gasteiger partial charge >= 0.3 is 5.69 Å². The number of fused-ring (bicyclic) bond motifs is 2. The van der Waals surface area contributed by atoms with E-state index in [1.807, 2.05) is 0 Å². The highest BCUT2D eigenvalue weighted by Crippen LogP contribution is 2.39. The van der Waals surface area contributed by atoms with Crippen LogP contribution in [0.5, 0.6) is 0 Å². The Morgan fingerprint density at radius 3 is 3.00 bits per heavy atom. The van der Waals surface area contributed by atoms with E-state index in [0.29, 0.717) is 5.69 Å². The molecule has 2 aliphatic rings. The summed E-state index contributed by atoms with van der Waals surface area (Å²) in [5.41, 5.74) is -1.75. The van der Waals surface area contributed by atoms with Crippen LogP contribution in [0.15, 0.2) is 21.7 Å². The zero-order valence-electron chi connectivity index (χ0n) is 9.37. The van der Waals surface area contributed by atoms with Crippen molar-refractivity contribution in [2.24, 2.45) is 0 Å². The number of aliphatic hydroxyl groups excluding tert-OH is 2. The van der Waals surface area contributed by atoms with E-state index in [1.165, 1.54) is 10.6 Å². The van der Waals surface area contributed by atoms with Crippen LogP contribution in [-0.4, -0.2) is 38.6 Å². The van der Waals surface area contributed by atoms with E-state index in [4.69, 9.17) is 9.84 Å². The number of aliphatic hydroxyl groups is 2. The van der Waals surface area contributed by atoms with Crippen LogP contribution in [0.2, 0.25) is 0 Å². The third kappa shape index (κ3) is 1.41. The molecule has 0 bridgehead atoms. The molecule has 0 amide bonds. The second-order valence-electron chi connectivity index (χ2n) is 4.49. The van der Waals surface area contributed by atoms with Gasteiger partial charge in [-0.3, -0.25) is 14.3 Å². The van der Waals surface area contributed by atoms with E-state index >= 15 is 0 Å². The van der Waals surface area contributed by atoms with E-state index < -0.39 is 29.2 Å². The van der Waals surface area contributed by atoms with Crippen LogP contribution in [0.3, 0.4) is 0 Å². The van der Waals surface area contributed by atoms with Crippen LogP contribution in [0, 0.1) is 0 Å². The smallest absolute Gasteiger partial charge is 0.331 e. The summed E-state index contributed by atoms with van der Waals surface area (Å²) in [6, 6.07) is 1.29. The predicted molar refractivity (Wildman–Crippen MR) is 60.9 cm³/mol. The number of hydrogen-bond donors (Lipinski definition) is 3. The molecule has 0 saturated carbocycles. The first-order valence-electron chi connectivity index (χ1n) is 5.58. The van der Waals surface area contributed by atoms with Gasteiger partial charge in [0.1, 0.15) is 6.10 Å². The monoisotopic (exact) mass is 252 g/mol. The summed E-state index contributed by atoms with van der Waals surface area (Å²) >= 11 is 0. The largest absolute Gasteiger partial charge is 0.394 e. The summed E-state index contributed by atoms with van der Waals surface area (Å²) in [5, 5.41) is 18.9. The van der Waals surface area contributed by atoms with E-state index in [2.05, 4.69) is 4.98 Å². The molecular formula is C11H12N2O5. The number of aromatic nitrogens is 2. The molecule has 2 aliphatic heterocycles. The lowest BCUT2D eigenvalue weighted by molar-refractivity contribution is -0.0869. The first-order chi connectivity index (χ1) is 8.55. The van der Waals surface area contributed by atoms with Crippen molar-refractivity contribution in [1.29, 1.82) is 0 Å². The molecule has 0 aliphatic carbocycles. The van der Waals surface area contributed by atoms with Gasteiger partial charge in [-0.2, -0.15) is 0 Å². The molecule has 0 unspecified atom stereocenters. The summed E-state index contributed by atoms with van der Waals surface area (Å²) < 4.78 is 6.86. The SMILES string of the molecule is O=c1cc2n(c(=O)[nH]1)[C@]1(C=C2)C[C@H](O)[C@@H](CO)O1. The quantitative estimate of drug-likeness (QED) is 0.556. The minimum atomic E-state index is -1.11. The average molecular weight is 252 g/mol. The fourth-order valence-corrected chi connectivity index (χ4v) is 2.55. The Morgan fingerprint density at radius 1 is 1.56 bits per heavy atom. The highest BCUT2D eigenvalue weighted by molar-refractivity contribution is 5.51. The molecule has 1 fully saturated rings. The second kappa shape index (κ2) is 3.64. The predicted octanol–water partition coefficient (Wildman–Crippen LogP) is -1.64. The fourth-order valence-electron chi connectivity index (χ4n) is 2.55. The Morgan fingerprint density at radius 2 is 2.33 bits per heavy atom. The van der Waals surface area contributed by atoms with Crippen LogP contribution < -0.4 is 11.2 Å². The van der Waals surface area contributed by atoms with Crippen LogP contribution in [0.4, 0.5) is 0 Å². The van der Waals surface area contributed by atoms with Crippen molar-refractivity contribution in [3.8, 4) is 0 Å². The Balaban J connectivity index is 2.14. The highest BCUT2D eigenvalue weighted by Gasteiger charge is 2.48. The number of hydrogen-bond acceptors (Lipinski definition) is 5. The second-order valence-corrected chi connectivity index (χ2v) is 4.49. The normalized spacial score (nSPS) is 33.2. The maximum Gasteiger partial charge on any atom is 0.331 e. The third-order valence-electron chi connectivity index (χ3n) is 3.33. The van der Waals surface area contributed by atoms with Gasteiger partial charge in [0.05, 0.1) is 18.4 Å². The maximum absolute atomic E-state index is 11.8. The van der Waals surface area contributed by atoms with Crippen LogP contribution in [-0.2, 0) is 10.5 Å². The molecule has 3 atom stereocenters. The fraction of sp³-hybridized carbons (Fsp3) is 0.455. The van der Waals surface area contributed by atoms with Crippen LogP contribution in [0.25, 0.3) is 6.08 Å². The summed E-state index contributed by atoms with van der Waals surface area (Å²) in [6.07, 6.45) is 1.79. The molecule has 1 aromatic rings. The average Bonchev–Trinajstić information content (AvgIpc) is 2.80. The van der Waals surface area contributed by atoms with Crippen molar-refractivity contribution >= 4 is 6.08 Å². The van der Waals surface area contributed by atoms with Gasteiger partial charge in [-0.25, -0.2) is 4.79 Å². The Labute approximate surface area is 101 Å². The molecule has 1 saturated heterocycles. The van der Waals surface area contributed by atoms with Crippen molar-refractivity contribution in [3.63, 3.8) is 0 Å². The van der Waals surface area contributed by atoms with Crippen molar-refractivity contribution in [3.05, 3.63) is 38.7 Å². The molecule has 1 aromatic heterocycles. The van der Waals surface area contributed by atoms with E-state index in [1.54, 1.807) is 12.2 Å². The Bertz CT molecular complexity index is 631. The standard InChI is InChI=1S/C11H12N2O5/c14-5-8-7(15)4-11(18-8)2-1-6-3-9(16)12-10(17)13(6)11/h1-3,7-8,14-15H,4-5H2,(H,12,16,17)/t7-,8+,11-/m0/s1. The van der Waals surface area contributed by atoms with Gasteiger partial charge in [-0.05, 0) is 12.2 Å². The van der Waals surface area contributed by atoms with Crippen molar-refractivity contribution in [2.75, 3.05) is 6.61 Å². The highest BCUT2D eigenvalue weighted by atomic mass is 16.6. The summed E-state index contributed by atoms with van der Waals surface area (Å²) in [4.78, 5) is 25.2. The van der Waals surface area contributed by atoms with Crippen molar-refractivity contribution in [1.82, 2.24) is 9.55 Å². The number of nitrogens with one attached hydrogen (secondary N) is 1. The zero-order valence-corrected chi connectivity index (χ0v) is 9.37. The number of nitrogens with zero attached hydrogens (tertiary/aromatic N) is 1. The minimum absolute atomic E-state index is 0.160. The van der Waals surface area contributed by atoms with Crippen LogP contribution >= 0.6 is 0 Å². The Hall–Kier alpha value is -1.70. The lowest BCUT2D eigenvalue weighted by atomic mass is 10.1. The van der Waals surface area contributed by atoms with Crippen molar-refractivity contribution < 1.29 is 14.9 Å². The number of H-pyrrole nitrogens is 1. The first kappa shape index (κ1) is 11.4. The van der Waals surface area contributed by atoms with Gasteiger partial charge in [0.15, 0.2) is 5.72 Å². The molecule has 0 radical (unpaired) electrons. The van der Waals surface area contributed by atoms with Gasteiger partial charge in [0.2, 0.25) is 0 Å². The van der Waals surface area contributed by atoms with Gasteiger partial charge in [-0.1, -0.05) is 0 Å². The lowest BCUT2D eigenvalue weighted by Crippen LogP contribution is -2.42. The number of ether oxygens (including phenoxy) is 1. The third-order valence-corrected chi connectivity index (χ3v) is 3.33. The molecular weight excluding hydrogens is 240 g/mol. The first-order valence-corrected chi connectivity index (χ1v) is 5.58. The van der Waals surface area contributed by atoms with E-state index in [9.17, 15) is 14.7 Å². The van der Waals surface area contributed by atoms with E-state index in [0.717, 1.165) is 0 Å². The molecule has 7 heteroatoms. The number of aromatic amines is 1. The summed E-state index contributed by atoms with van der Waals surface area (Å²) in [5.74, 6) is 0. The molecule has 3 rings (SSSR count). The topological polar surface area (TPSA) is 105 Å². The molecule has 1 spiro atoms. The summed E-state index contributed by atoms with van der Waals surface area (Å²) in [6.45, 7) is -0.329. The van der Waals surface area contributed by atoms with Crippen LogP contribution in [0.1, 0.15) is 12.1 Å². The molecule has 7 nitrogen and oxygen atoms in total. The van der Waals surface area contributed by atoms with Gasteiger partial charge in [0.25, 0.3) is 5.56 Å². The van der Waals surface area contributed by atoms with Gasteiger partial charge in [-0.15, -0.1) is 0 Å². The molecule has 3 heterocycles. The maximum atomic E-state index is 11.8. The molecule has 3 N–H and O–H groups in total. The number of rotatable bonds is 1. The van der Waals surface area contributed by atoms with E-state index in [-0.39, 0.29) is 13.0 Å². The summed E-state index contributed by atoms with van der Waals surface area (Å²) in [7, 11) is 0. The molecule has 18 heavy (non-hydrogen) atoms. The molecule has 0 aromatic carbocycles.